The smallest absolute Gasteiger partial charge is 0.255 e. The lowest BCUT2D eigenvalue weighted by Gasteiger charge is -2.20. The average Bonchev–Trinajstić information content (AvgIpc) is 3.24. The second kappa shape index (κ2) is 8.54. The number of hydrogen-bond acceptors (Lipinski definition) is 6. The van der Waals surface area contributed by atoms with Gasteiger partial charge in [0.05, 0.1) is 4.90 Å². The molecule has 1 N–H and O–H groups in total. The molecule has 9 heteroatoms. The van der Waals surface area contributed by atoms with E-state index in [1.807, 2.05) is 0 Å². The Hall–Kier alpha value is -3.04. The zero-order chi connectivity index (χ0) is 21.0. The Bertz CT molecular complexity index is 1110. The molecule has 0 radical (unpaired) electrons. The van der Waals surface area contributed by atoms with Crippen molar-refractivity contribution >= 4 is 21.6 Å². The number of aryl methyl sites for hydroxylation is 1. The highest BCUT2D eigenvalue weighted by atomic mass is 32.2. The second-order valence-electron chi connectivity index (χ2n) is 6.35. The molecule has 3 rings (SSSR count). The normalized spacial score (nSPS) is 11.6. The van der Waals surface area contributed by atoms with Crippen LogP contribution in [0.25, 0.3) is 11.5 Å². The first kappa shape index (κ1) is 20.7. The number of carbonyl (C=O) groups excluding carboxylic acids is 1. The molecule has 0 saturated carbocycles. The van der Waals surface area contributed by atoms with Crippen LogP contribution in [0.1, 0.15) is 29.8 Å². The van der Waals surface area contributed by atoms with Gasteiger partial charge < -0.3 is 9.73 Å². The molecule has 0 fully saturated rings. The van der Waals surface area contributed by atoms with Gasteiger partial charge in [-0.05, 0) is 42.8 Å². The Morgan fingerprint density at radius 1 is 1.14 bits per heavy atom. The summed E-state index contributed by atoms with van der Waals surface area (Å²) < 4.78 is 32.3. The molecular weight excluding hydrogens is 392 g/mol. The fourth-order valence-electron chi connectivity index (χ4n) is 2.95. The molecule has 0 aliphatic carbocycles. The van der Waals surface area contributed by atoms with Crippen molar-refractivity contribution in [2.75, 3.05) is 18.4 Å². The molecule has 29 heavy (non-hydrogen) atoms. The topological polar surface area (TPSA) is 105 Å². The first-order valence-electron chi connectivity index (χ1n) is 9.15. The molecule has 1 amide bonds. The van der Waals surface area contributed by atoms with E-state index in [0.717, 1.165) is 0 Å². The number of amides is 1. The number of aromatic nitrogens is 2. The van der Waals surface area contributed by atoms with Crippen molar-refractivity contribution in [1.29, 1.82) is 0 Å². The van der Waals surface area contributed by atoms with Gasteiger partial charge in [-0.3, -0.25) is 4.79 Å². The molecule has 2 aromatic carbocycles. The second-order valence-corrected chi connectivity index (χ2v) is 8.25. The zero-order valence-electron chi connectivity index (χ0n) is 16.4. The van der Waals surface area contributed by atoms with Crippen molar-refractivity contribution in [1.82, 2.24) is 14.5 Å². The maximum absolute atomic E-state index is 12.9. The van der Waals surface area contributed by atoms with E-state index in [0.29, 0.717) is 35.8 Å². The average molecular weight is 414 g/mol. The highest BCUT2D eigenvalue weighted by Crippen LogP contribution is 2.23. The van der Waals surface area contributed by atoms with Gasteiger partial charge in [0.1, 0.15) is 0 Å². The van der Waals surface area contributed by atoms with Gasteiger partial charge in [0.25, 0.3) is 5.91 Å². The van der Waals surface area contributed by atoms with Crippen LogP contribution in [0.4, 0.5) is 5.69 Å². The van der Waals surface area contributed by atoms with Crippen LogP contribution in [0.5, 0.6) is 0 Å². The van der Waals surface area contributed by atoms with E-state index in [9.17, 15) is 13.2 Å². The Balaban J connectivity index is 1.88. The summed E-state index contributed by atoms with van der Waals surface area (Å²) >= 11 is 0. The molecule has 0 aliphatic rings. The predicted octanol–water partition coefficient (Wildman–Crippen LogP) is 3.33. The van der Waals surface area contributed by atoms with Gasteiger partial charge in [-0.15, -0.1) is 10.2 Å². The Labute approximate surface area is 169 Å². The number of benzene rings is 2. The Morgan fingerprint density at radius 2 is 1.90 bits per heavy atom. The highest BCUT2D eigenvalue weighted by molar-refractivity contribution is 7.89. The van der Waals surface area contributed by atoms with E-state index in [-0.39, 0.29) is 10.5 Å². The van der Waals surface area contributed by atoms with Gasteiger partial charge >= 0.3 is 0 Å². The van der Waals surface area contributed by atoms with Gasteiger partial charge in [0, 0.05) is 29.9 Å². The van der Waals surface area contributed by atoms with Gasteiger partial charge in [0.2, 0.25) is 22.3 Å². The van der Waals surface area contributed by atoms with Crippen LogP contribution in [0.3, 0.4) is 0 Å². The van der Waals surface area contributed by atoms with Crippen molar-refractivity contribution in [3.8, 4) is 11.5 Å². The van der Waals surface area contributed by atoms with E-state index < -0.39 is 15.9 Å². The molecule has 0 aliphatic heterocycles. The fraction of sp³-hybridized carbons (Fsp3) is 0.250. The molecule has 8 nitrogen and oxygen atoms in total. The van der Waals surface area contributed by atoms with Gasteiger partial charge in [-0.25, -0.2) is 8.42 Å². The third kappa shape index (κ3) is 4.36. The molecule has 3 aromatic rings. The Morgan fingerprint density at radius 3 is 2.55 bits per heavy atom. The molecule has 0 spiro atoms. The van der Waals surface area contributed by atoms with E-state index in [4.69, 9.17) is 4.42 Å². The summed E-state index contributed by atoms with van der Waals surface area (Å²) in [5.41, 5.74) is 2.03. The highest BCUT2D eigenvalue weighted by Gasteiger charge is 2.24. The largest absolute Gasteiger partial charge is 0.423 e. The molecular formula is C20H22N4O4S. The van der Waals surface area contributed by atoms with Crippen molar-refractivity contribution in [2.45, 2.75) is 25.7 Å². The van der Waals surface area contributed by atoms with Crippen LogP contribution in [-0.4, -0.2) is 41.9 Å². The first-order valence-corrected chi connectivity index (χ1v) is 10.6. The summed E-state index contributed by atoms with van der Waals surface area (Å²) in [5, 5.41) is 10.3. The summed E-state index contributed by atoms with van der Waals surface area (Å²) in [4.78, 5) is 12.9. The number of nitrogens with one attached hydrogen (secondary N) is 1. The van der Waals surface area contributed by atoms with Crippen molar-refractivity contribution in [3.63, 3.8) is 0 Å². The van der Waals surface area contributed by atoms with E-state index in [2.05, 4.69) is 15.5 Å². The van der Waals surface area contributed by atoms with Gasteiger partial charge in [-0.2, -0.15) is 4.31 Å². The van der Waals surface area contributed by atoms with Gasteiger partial charge in [-0.1, -0.05) is 26.0 Å². The SMILES string of the molecule is CCN(CC)S(=O)(=O)c1cc(C(=O)Nc2cccc(-c3nnco3)c2)ccc1C. The summed E-state index contributed by atoms with van der Waals surface area (Å²) in [6, 6.07) is 11.6. The van der Waals surface area contributed by atoms with Crippen LogP contribution in [0, 0.1) is 6.92 Å². The number of sulfonamides is 1. The summed E-state index contributed by atoms with van der Waals surface area (Å²) in [7, 11) is -3.67. The molecule has 0 unspecified atom stereocenters. The van der Waals surface area contributed by atoms with Crippen LogP contribution in [0.15, 0.2) is 58.2 Å². The van der Waals surface area contributed by atoms with Gasteiger partial charge in [0.15, 0.2) is 0 Å². The first-order chi connectivity index (χ1) is 13.9. The molecule has 0 saturated heterocycles. The lowest BCUT2D eigenvalue weighted by Crippen LogP contribution is -2.31. The number of carbonyl (C=O) groups is 1. The summed E-state index contributed by atoms with van der Waals surface area (Å²) in [6.07, 6.45) is 1.23. The summed E-state index contributed by atoms with van der Waals surface area (Å²) in [6.45, 7) is 5.99. The van der Waals surface area contributed by atoms with Crippen LogP contribution < -0.4 is 5.32 Å². The number of nitrogens with zero attached hydrogens (tertiary/aromatic N) is 3. The lowest BCUT2D eigenvalue weighted by molar-refractivity contribution is 0.102. The predicted molar refractivity (Wildman–Crippen MR) is 109 cm³/mol. The number of hydrogen-bond donors (Lipinski definition) is 1. The van der Waals surface area contributed by atoms with Crippen molar-refractivity contribution in [3.05, 3.63) is 60.0 Å². The van der Waals surface area contributed by atoms with E-state index >= 15 is 0 Å². The van der Waals surface area contributed by atoms with E-state index in [1.165, 1.54) is 16.8 Å². The number of rotatable bonds is 7. The van der Waals surface area contributed by atoms with Crippen molar-refractivity contribution in [2.24, 2.45) is 0 Å². The van der Waals surface area contributed by atoms with Crippen molar-refractivity contribution < 1.29 is 17.6 Å². The molecule has 0 atom stereocenters. The zero-order valence-corrected chi connectivity index (χ0v) is 17.2. The number of anilines is 1. The third-order valence-electron chi connectivity index (χ3n) is 4.50. The quantitative estimate of drug-likeness (QED) is 0.636. The minimum atomic E-state index is -3.67. The third-order valence-corrected chi connectivity index (χ3v) is 6.69. The van der Waals surface area contributed by atoms with E-state index in [1.54, 1.807) is 57.2 Å². The molecule has 1 aromatic heterocycles. The fourth-order valence-corrected chi connectivity index (χ4v) is 4.66. The standard InChI is InChI=1S/C20H22N4O4S/c1-4-24(5-2)29(26,27)18-12-15(10-9-14(18)3)19(25)22-17-8-6-7-16(11-17)20-23-21-13-28-20/h6-13H,4-5H2,1-3H3,(H,22,25). The van der Waals surface area contributed by atoms with Crippen LogP contribution in [0.2, 0.25) is 0 Å². The minimum absolute atomic E-state index is 0.133. The van der Waals surface area contributed by atoms with Crippen LogP contribution >= 0.6 is 0 Å². The maximum atomic E-state index is 12.9. The maximum Gasteiger partial charge on any atom is 0.255 e. The molecule has 152 valence electrons. The summed E-state index contributed by atoms with van der Waals surface area (Å²) in [5.74, 6) is -0.0762. The Kier molecular flexibility index (Phi) is 6.09. The molecule has 1 heterocycles. The molecule has 0 bridgehead atoms. The minimum Gasteiger partial charge on any atom is -0.423 e. The van der Waals surface area contributed by atoms with Crippen LogP contribution in [-0.2, 0) is 10.0 Å². The lowest BCUT2D eigenvalue weighted by atomic mass is 10.1. The monoisotopic (exact) mass is 414 g/mol.